The number of hydrogen-bond donors (Lipinski definition) is 1. The SMILES string of the molecule is COc1ccc2c(C(=O)C(=O)N(CC(=O)N3CCCC3)CC3CCCCC3)c[nH]c2c1. The predicted octanol–water partition coefficient (Wildman–Crippen LogP) is 3.39. The Morgan fingerprint density at radius 2 is 1.84 bits per heavy atom. The predicted molar refractivity (Wildman–Crippen MR) is 118 cm³/mol. The highest BCUT2D eigenvalue weighted by Gasteiger charge is 2.31. The zero-order valence-corrected chi connectivity index (χ0v) is 18.2. The van der Waals surface area contributed by atoms with Gasteiger partial charge in [0.25, 0.3) is 11.7 Å². The highest BCUT2D eigenvalue weighted by Crippen LogP contribution is 2.26. The number of ketones is 1. The summed E-state index contributed by atoms with van der Waals surface area (Å²) in [6.07, 6.45) is 9.17. The second-order valence-corrected chi connectivity index (χ2v) is 8.72. The number of aromatic amines is 1. The minimum Gasteiger partial charge on any atom is -0.497 e. The largest absolute Gasteiger partial charge is 0.497 e. The van der Waals surface area contributed by atoms with Gasteiger partial charge in [0.2, 0.25) is 5.91 Å². The van der Waals surface area contributed by atoms with Gasteiger partial charge in [-0.1, -0.05) is 19.3 Å². The van der Waals surface area contributed by atoms with Gasteiger partial charge in [0.05, 0.1) is 12.7 Å². The molecule has 1 aliphatic heterocycles. The van der Waals surface area contributed by atoms with E-state index in [2.05, 4.69) is 4.98 Å². The van der Waals surface area contributed by atoms with Crippen LogP contribution in [0.5, 0.6) is 5.75 Å². The van der Waals surface area contributed by atoms with Crippen molar-refractivity contribution in [3.05, 3.63) is 30.0 Å². The molecule has 0 radical (unpaired) electrons. The first-order valence-electron chi connectivity index (χ1n) is 11.3. The number of H-pyrrole nitrogens is 1. The maximum Gasteiger partial charge on any atom is 0.295 e. The molecule has 1 N–H and O–H groups in total. The molecular formula is C24H31N3O4. The van der Waals surface area contributed by atoms with Gasteiger partial charge in [-0.05, 0) is 43.7 Å². The number of methoxy groups -OCH3 is 1. The maximum atomic E-state index is 13.3. The molecule has 2 aromatic rings. The average molecular weight is 426 g/mol. The van der Waals surface area contributed by atoms with Gasteiger partial charge in [-0.25, -0.2) is 0 Å². The molecule has 1 aliphatic carbocycles. The number of nitrogens with one attached hydrogen (secondary N) is 1. The van der Waals surface area contributed by atoms with E-state index in [9.17, 15) is 14.4 Å². The van der Waals surface area contributed by atoms with E-state index >= 15 is 0 Å². The van der Waals surface area contributed by atoms with Crippen LogP contribution in [0, 0.1) is 5.92 Å². The van der Waals surface area contributed by atoms with Crippen LogP contribution >= 0.6 is 0 Å². The molecule has 1 aromatic carbocycles. The number of likely N-dealkylation sites (tertiary alicyclic amines) is 1. The number of benzene rings is 1. The van der Waals surface area contributed by atoms with E-state index in [1.54, 1.807) is 31.5 Å². The molecule has 4 rings (SSSR count). The van der Waals surface area contributed by atoms with E-state index in [0.717, 1.165) is 57.1 Å². The fourth-order valence-electron chi connectivity index (χ4n) is 4.81. The summed E-state index contributed by atoms with van der Waals surface area (Å²) in [4.78, 5) is 45.7. The number of ether oxygens (including phenoxy) is 1. The molecule has 7 heteroatoms. The minimum absolute atomic E-state index is 0.0166. The van der Waals surface area contributed by atoms with Crippen molar-refractivity contribution >= 4 is 28.5 Å². The van der Waals surface area contributed by atoms with E-state index in [4.69, 9.17) is 4.74 Å². The summed E-state index contributed by atoms with van der Waals surface area (Å²) in [6.45, 7) is 1.93. The van der Waals surface area contributed by atoms with Crippen molar-refractivity contribution in [3.8, 4) is 5.75 Å². The van der Waals surface area contributed by atoms with Crippen molar-refractivity contribution in [2.24, 2.45) is 5.92 Å². The summed E-state index contributed by atoms with van der Waals surface area (Å²) in [5.41, 5.74) is 1.08. The second kappa shape index (κ2) is 9.54. The maximum absolute atomic E-state index is 13.3. The van der Waals surface area contributed by atoms with Crippen molar-refractivity contribution in [2.45, 2.75) is 44.9 Å². The van der Waals surface area contributed by atoms with Crippen molar-refractivity contribution in [3.63, 3.8) is 0 Å². The van der Waals surface area contributed by atoms with Crippen LogP contribution in [0.4, 0.5) is 0 Å². The molecule has 0 spiro atoms. The fraction of sp³-hybridized carbons (Fsp3) is 0.542. The molecule has 1 saturated carbocycles. The van der Waals surface area contributed by atoms with Gasteiger partial charge < -0.3 is 19.5 Å². The van der Waals surface area contributed by atoms with Gasteiger partial charge in [0.1, 0.15) is 12.3 Å². The number of carbonyl (C=O) groups excluding carboxylic acids is 3. The van der Waals surface area contributed by atoms with E-state index in [1.807, 2.05) is 4.90 Å². The molecule has 0 atom stereocenters. The Morgan fingerprint density at radius 3 is 2.55 bits per heavy atom. The summed E-state index contributed by atoms with van der Waals surface area (Å²) in [5, 5.41) is 0.683. The minimum atomic E-state index is -0.588. The lowest BCUT2D eigenvalue weighted by Gasteiger charge is -2.30. The quantitative estimate of drug-likeness (QED) is 0.545. The number of fused-ring (bicyclic) bond motifs is 1. The van der Waals surface area contributed by atoms with Crippen LogP contribution in [0.3, 0.4) is 0 Å². The van der Waals surface area contributed by atoms with E-state index < -0.39 is 11.7 Å². The Morgan fingerprint density at radius 1 is 1.10 bits per heavy atom. The summed E-state index contributed by atoms with van der Waals surface area (Å²) in [6, 6.07) is 5.35. The molecule has 0 unspecified atom stereocenters. The Hall–Kier alpha value is -2.83. The van der Waals surface area contributed by atoms with Crippen LogP contribution < -0.4 is 4.74 Å². The first-order valence-corrected chi connectivity index (χ1v) is 11.3. The number of hydrogen-bond acceptors (Lipinski definition) is 4. The van der Waals surface area contributed by atoms with Gasteiger partial charge in [0, 0.05) is 42.8 Å². The summed E-state index contributed by atoms with van der Waals surface area (Å²) in [5.74, 6) is -0.187. The summed E-state index contributed by atoms with van der Waals surface area (Å²) in [7, 11) is 1.58. The first-order chi connectivity index (χ1) is 15.1. The highest BCUT2D eigenvalue weighted by molar-refractivity contribution is 6.45. The van der Waals surface area contributed by atoms with Crippen molar-refractivity contribution in [1.82, 2.24) is 14.8 Å². The molecule has 31 heavy (non-hydrogen) atoms. The fourth-order valence-corrected chi connectivity index (χ4v) is 4.81. The van der Waals surface area contributed by atoms with Gasteiger partial charge >= 0.3 is 0 Å². The molecule has 2 aliphatic rings. The third kappa shape index (κ3) is 4.75. The number of nitrogens with zero attached hydrogens (tertiary/aromatic N) is 2. The molecule has 7 nitrogen and oxygen atoms in total. The van der Waals surface area contributed by atoms with Crippen LogP contribution in [0.1, 0.15) is 55.3 Å². The molecule has 0 bridgehead atoms. The van der Waals surface area contributed by atoms with Crippen LogP contribution in [0.25, 0.3) is 10.9 Å². The molecule has 2 amide bonds. The van der Waals surface area contributed by atoms with Crippen LogP contribution in [-0.2, 0) is 9.59 Å². The lowest BCUT2D eigenvalue weighted by Crippen LogP contribution is -2.46. The zero-order valence-electron chi connectivity index (χ0n) is 18.2. The first kappa shape index (κ1) is 21.4. The number of Topliss-reactive ketones (excluding diaryl/α,β-unsaturated/α-hetero) is 1. The Kier molecular flexibility index (Phi) is 6.59. The van der Waals surface area contributed by atoms with Crippen molar-refractivity contribution in [2.75, 3.05) is 33.3 Å². The standard InChI is InChI=1S/C24H31N3O4/c1-31-18-9-10-19-20(14-25-21(19)13-18)23(29)24(30)27(15-17-7-3-2-4-8-17)16-22(28)26-11-5-6-12-26/h9-10,13-14,17,25H,2-8,11-12,15-16H2,1H3. The zero-order chi connectivity index (χ0) is 21.8. The molecule has 2 heterocycles. The summed E-state index contributed by atoms with van der Waals surface area (Å²) < 4.78 is 5.23. The molecule has 1 saturated heterocycles. The third-order valence-corrected chi connectivity index (χ3v) is 6.60. The molecular weight excluding hydrogens is 394 g/mol. The normalized spacial score (nSPS) is 17.1. The van der Waals surface area contributed by atoms with E-state index in [0.29, 0.717) is 29.2 Å². The van der Waals surface area contributed by atoms with Crippen molar-refractivity contribution < 1.29 is 19.1 Å². The number of carbonyl (C=O) groups is 3. The van der Waals surface area contributed by atoms with Crippen molar-refractivity contribution in [1.29, 1.82) is 0 Å². The van der Waals surface area contributed by atoms with Gasteiger partial charge in [-0.2, -0.15) is 0 Å². The second-order valence-electron chi connectivity index (χ2n) is 8.72. The average Bonchev–Trinajstić information content (AvgIpc) is 3.48. The Bertz CT molecular complexity index is 955. The van der Waals surface area contributed by atoms with Gasteiger partial charge in [0.15, 0.2) is 0 Å². The number of amides is 2. The Balaban J connectivity index is 1.54. The number of rotatable bonds is 7. The molecule has 166 valence electrons. The highest BCUT2D eigenvalue weighted by atomic mass is 16.5. The van der Waals surface area contributed by atoms with Gasteiger partial charge in [-0.3, -0.25) is 14.4 Å². The van der Waals surface area contributed by atoms with E-state index in [-0.39, 0.29) is 12.5 Å². The van der Waals surface area contributed by atoms with E-state index in [1.165, 1.54) is 11.3 Å². The lowest BCUT2D eigenvalue weighted by molar-refractivity contribution is -0.138. The number of aromatic nitrogens is 1. The monoisotopic (exact) mass is 425 g/mol. The van der Waals surface area contributed by atoms with Crippen LogP contribution in [0.2, 0.25) is 0 Å². The summed E-state index contributed by atoms with van der Waals surface area (Å²) >= 11 is 0. The van der Waals surface area contributed by atoms with Crippen LogP contribution in [-0.4, -0.2) is 65.7 Å². The molecule has 1 aromatic heterocycles. The third-order valence-electron chi connectivity index (χ3n) is 6.60. The lowest BCUT2D eigenvalue weighted by atomic mass is 9.89. The van der Waals surface area contributed by atoms with Gasteiger partial charge in [-0.15, -0.1) is 0 Å². The van der Waals surface area contributed by atoms with Crippen LogP contribution in [0.15, 0.2) is 24.4 Å². The molecule has 2 fully saturated rings. The Labute approximate surface area is 182 Å². The smallest absolute Gasteiger partial charge is 0.295 e. The topological polar surface area (TPSA) is 82.7 Å².